The number of hydrogen-bond donors (Lipinski definition) is 3. The molecule has 0 bridgehead atoms. The van der Waals surface area contributed by atoms with Crippen LogP contribution in [0.1, 0.15) is 28.9 Å². The van der Waals surface area contributed by atoms with Crippen molar-refractivity contribution in [1.29, 1.82) is 0 Å². The monoisotopic (exact) mass is 435 g/mol. The molecule has 1 saturated heterocycles. The van der Waals surface area contributed by atoms with Crippen molar-refractivity contribution in [3.63, 3.8) is 0 Å². The number of fused-ring (bicyclic) bond motifs is 1. The lowest BCUT2D eigenvalue weighted by atomic mass is 10.0. The number of nitrogens with zero attached hydrogens (tertiary/aromatic N) is 2. The average Bonchev–Trinajstić information content (AvgIpc) is 3.36. The molecule has 1 amide bonds. The first-order valence-corrected chi connectivity index (χ1v) is 10.9. The van der Waals surface area contributed by atoms with Crippen molar-refractivity contribution in [3.8, 4) is 17.0 Å². The standard InChI is InChI=1S/C24H26FN5O2/c1-30-11-3-6-17(30)14-32-20-13-26-9-7-18(20)22-23(28-16-5-2-4-15(25)12-16)21-19(29-22)8-10-27-24(21)31/h2,4-5,7,9,12-13,17,28-29H,3,6,8,10-11,14H2,1H3,(H,27,31)/t17-/m0/s1. The summed E-state index contributed by atoms with van der Waals surface area (Å²) in [4.78, 5) is 22.7. The predicted molar refractivity (Wildman–Crippen MR) is 121 cm³/mol. The SMILES string of the molecule is CN1CCC[C@H]1COc1cnccc1-c1[nH]c2c(c1Nc1cccc(F)c1)C(=O)NCC2. The van der Waals surface area contributed by atoms with Crippen LogP contribution in [0.2, 0.25) is 0 Å². The number of likely N-dealkylation sites (N-methyl/N-ethyl adjacent to an activating group) is 1. The number of amides is 1. The Morgan fingerprint density at radius 2 is 2.25 bits per heavy atom. The zero-order chi connectivity index (χ0) is 22.1. The maximum absolute atomic E-state index is 13.8. The van der Waals surface area contributed by atoms with E-state index in [2.05, 4.69) is 32.5 Å². The molecule has 4 heterocycles. The molecule has 2 aromatic heterocycles. The molecule has 0 spiro atoms. The number of rotatable bonds is 6. The van der Waals surface area contributed by atoms with Crippen LogP contribution >= 0.6 is 0 Å². The second-order valence-corrected chi connectivity index (χ2v) is 8.33. The van der Waals surface area contributed by atoms with Gasteiger partial charge in [0.05, 0.1) is 23.1 Å². The van der Waals surface area contributed by atoms with Gasteiger partial charge < -0.3 is 25.3 Å². The summed E-state index contributed by atoms with van der Waals surface area (Å²) < 4.78 is 20.0. The first kappa shape index (κ1) is 20.5. The Morgan fingerprint density at radius 1 is 1.34 bits per heavy atom. The fourth-order valence-corrected chi connectivity index (χ4v) is 4.49. The number of carbonyl (C=O) groups excluding carboxylic acids is 1. The lowest BCUT2D eigenvalue weighted by Crippen LogP contribution is -2.31. The van der Waals surface area contributed by atoms with Gasteiger partial charge in [-0.15, -0.1) is 0 Å². The minimum Gasteiger partial charge on any atom is -0.490 e. The van der Waals surface area contributed by atoms with Crippen LogP contribution in [0, 0.1) is 5.82 Å². The van der Waals surface area contributed by atoms with Crippen LogP contribution in [-0.4, -0.2) is 53.6 Å². The highest BCUT2D eigenvalue weighted by Crippen LogP contribution is 2.40. The third-order valence-corrected chi connectivity index (χ3v) is 6.22. The second kappa shape index (κ2) is 8.63. The van der Waals surface area contributed by atoms with Crippen LogP contribution in [-0.2, 0) is 6.42 Å². The molecule has 2 aliphatic rings. The summed E-state index contributed by atoms with van der Waals surface area (Å²) in [5, 5.41) is 6.17. The number of ether oxygens (including phenoxy) is 1. The highest BCUT2D eigenvalue weighted by molar-refractivity contribution is 6.06. The maximum atomic E-state index is 13.8. The molecule has 7 nitrogen and oxygen atoms in total. The van der Waals surface area contributed by atoms with E-state index in [1.165, 1.54) is 18.6 Å². The molecule has 0 aliphatic carbocycles. The fourth-order valence-electron chi connectivity index (χ4n) is 4.49. The zero-order valence-electron chi connectivity index (χ0n) is 18.0. The van der Waals surface area contributed by atoms with Gasteiger partial charge in [0, 0.05) is 42.1 Å². The number of nitrogens with one attached hydrogen (secondary N) is 3. The summed E-state index contributed by atoms with van der Waals surface area (Å²) in [6.07, 6.45) is 6.37. The molecule has 1 fully saturated rings. The van der Waals surface area contributed by atoms with Gasteiger partial charge in [-0.1, -0.05) is 6.07 Å². The van der Waals surface area contributed by atoms with Gasteiger partial charge in [0.15, 0.2) is 0 Å². The molecule has 8 heteroatoms. The number of pyridine rings is 1. The lowest BCUT2D eigenvalue weighted by molar-refractivity contribution is 0.0947. The van der Waals surface area contributed by atoms with Crippen molar-refractivity contribution in [3.05, 3.63) is 59.8 Å². The molecular weight excluding hydrogens is 409 g/mol. The second-order valence-electron chi connectivity index (χ2n) is 8.33. The number of aromatic amines is 1. The molecule has 2 aliphatic heterocycles. The van der Waals surface area contributed by atoms with Gasteiger partial charge in [0.25, 0.3) is 5.91 Å². The number of halogens is 1. The third kappa shape index (κ3) is 3.93. The summed E-state index contributed by atoms with van der Waals surface area (Å²) in [6, 6.07) is 8.45. The van der Waals surface area contributed by atoms with Crippen molar-refractivity contribution in [2.75, 3.05) is 32.1 Å². The number of hydrogen-bond acceptors (Lipinski definition) is 5. The van der Waals surface area contributed by atoms with Crippen LogP contribution in [0.3, 0.4) is 0 Å². The van der Waals surface area contributed by atoms with Gasteiger partial charge >= 0.3 is 0 Å². The Balaban J connectivity index is 1.54. The molecule has 1 atom stereocenters. The molecule has 0 radical (unpaired) electrons. The van der Waals surface area contributed by atoms with E-state index >= 15 is 0 Å². The Labute approximate surface area is 186 Å². The first-order valence-electron chi connectivity index (χ1n) is 10.9. The molecule has 3 aromatic rings. The zero-order valence-corrected chi connectivity index (χ0v) is 18.0. The number of anilines is 2. The van der Waals surface area contributed by atoms with Crippen LogP contribution in [0.5, 0.6) is 5.75 Å². The van der Waals surface area contributed by atoms with E-state index in [1.807, 2.05) is 6.07 Å². The molecule has 32 heavy (non-hydrogen) atoms. The third-order valence-electron chi connectivity index (χ3n) is 6.22. The molecule has 1 aromatic carbocycles. The maximum Gasteiger partial charge on any atom is 0.255 e. The van der Waals surface area contributed by atoms with Crippen LogP contribution in [0.25, 0.3) is 11.3 Å². The summed E-state index contributed by atoms with van der Waals surface area (Å²) in [5.41, 5.74) is 4.11. The van der Waals surface area contributed by atoms with Gasteiger partial charge in [0.2, 0.25) is 0 Å². The highest BCUT2D eigenvalue weighted by Gasteiger charge is 2.28. The number of aromatic nitrogens is 2. The number of likely N-dealkylation sites (tertiary alicyclic amines) is 1. The molecular formula is C24H26FN5O2. The first-order chi connectivity index (χ1) is 15.6. The number of carbonyl (C=O) groups is 1. The minimum absolute atomic E-state index is 0.156. The van der Waals surface area contributed by atoms with Gasteiger partial charge in [0.1, 0.15) is 18.2 Å². The number of H-pyrrole nitrogens is 1. The Morgan fingerprint density at radius 3 is 3.06 bits per heavy atom. The predicted octanol–water partition coefficient (Wildman–Crippen LogP) is 3.72. The lowest BCUT2D eigenvalue weighted by Gasteiger charge is -2.20. The molecule has 3 N–H and O–H groups in total. The van der Waals surface area contributed by atoms with Crippen LogP contribution < -0.4 is 15.4 Å². The van der Waals surface area contributed by atoms with Gasteiger partial charge in [-0.05, 0) is 50.7 Å². The van der Waals surface area contributed by atoms with Crippen LogP contribution in [0.15, 0.2) is 42.7 Å². The van der Waals surface area contributed by atoms with Gasteiger partial charge in [-0.2, -0.15) is 0 Å². The topological polar surface area (TPSA) is 82.3 Å². The van der Waals surface area contributed by atoms with E-state index in [9.17, 15) is 9.18 Å². The quantitative estimate of drug-likeness (QED) is 0.550. The highest BCUT2D eigenvalue weighted by atomic mass is 19.1. The Hall–Kier alpha value is -3.39. The van der Waals surface area contributed by atoms with Gasteiger partial charge in [-0.3, -0.25) is 9.78 Å². The van der Waals surface area contributed by atoms with Gasteiger partial charge in [-0.25, -0.2) is 4.39 Å². The van der Waals surface area contributed by atoms with E-state index in [0.29, 0.717) is 48.3 Å². The largest absolute Gasteiger partial charge is 0.490 e. The van der Waals surface area contributed by atoms with Crippen molar-refractivity contribution in [2.24, 2.45) is 0 Å². The number of benzene rings is 1. The van der Waals surface area contributed by atoms with Crippen molar-refractivity contribution in [2.45, 2.75) is 25.3 Å². The Bertz CT molecular complexity index is 1150. The minimum atomic E-state index is -0.348. The average molecular weight is 436 g/mol. The molecule has 5 rings (SSSR count). The molecule has 166 valence electrons. The van der Waals surface area contributed by atoms with E-state index in [-0.39, 0.29) is 11.7 Å². The fraction of sp³-hybridized carbons (Fsp3) is 0.333. The van der Waals surface area contributed by atoms with Crippen molar-refractivity contribution >= 4 is 17.3 Å². The van der Waals surface area contributed by atoms with E-state index < -0.39 is 0 Å². The van der Waals surface area contributed by atoms with E-state index in [4.69, 9.17) is 4.74 Å². The molecule has 0 saturated carbocycles. The summed E-state index contributed by atoms with van der Waals surface area (Å²) >= 11 is 0. The smallest absolute Gasteiger partial charge is 0.255 e. The summed E-state index contributed by atoms with van der Waals surface area (Å²) in [7, 11) is 2.11. The van der Waals surface area contributed by atoms with E-state index in [1.54, 1.807) is 24.5 Å². The summed E-state index contributed by atoms with van der Waals surface area (Å²) in [6.45, 7) is 2.22. The summed E-state index contributed by atoms with van der Waals surface area (Å²) in [5.74, 6) is 0.143. The molecule has 0 unspecified atom stereocenters. The van der Waals surface area contributed by atoms with Crippen LogP contribution in [0.4, 0.5) is 15.8 Å². The van der Waals surface area contributed by atoms with E-state index in [0.717, 1.165) is 29.9 Å². The normalized spacial score (nSPS) is 18.3. The van der Waals surface area contributed by atoms with Crippen molar-refractivity contribution in [1.82, 2.24) is 20.2 Å². The Kier molecular flexibility index (Phi) is 5.53. The van der Waals surface area contributed by atoms with Crippen molar-refractivity contribution < 1.29 is 13.9 Å².